The highest BCUT2D eigenvalue weighted by atomic mass is 32.2. The third kappa shape index (κ3) is 41.2. The van der Waals surface area contributed by atoms with Gasteiger partial charge in [-0.05, 0) is 57.8 Å². The Hall–Kier alpha value is -1.96. The maximum atomic E-state index is 12.5. The number of hydrogen-bond acceptors (Lipinski definition) is 4. The quantitative estimate of drug-likeness (QED) is 0.0327. The van der Waals surface area contributed by atoms with E-state index >= 15 is 0 Å². The average Bonchev–Trinajstić information content (AvgIpc) is 3.14. The monoisotopic (exact) mass is 776 g/mol. The van der Waals surface area contributed by atoms with E-state index in [1.165, 1.54) is 103 Å². The fourth-order valence-electron chi connectivity index (χ4n) is 6.62. The molecule has 0 fully saturated rings. The normalized spacial score (nSPS) is 13.8. The zero-order valence-electron chi connectivity index (χ0n) is 35.1. The molecule has 0 aliphatic rings. The molecule has 0 radical (unpaired) electrons. The number of amides is 1. The average molecular weight is 776 g/mol. The molecule has 0 aliphatic heterocycles. The third-order valence-electron chi connectivity index (χ3n) is 9.95. The highest BCUT2D eigenvalue weighted by molar-refractivity contribution is 7.85. The Morgan fingerprint density at radius 1 is 0.519 bits per heavy atom. The molecule has 0 aromatic carbocycles. The molecule has 0 aromatic heterocycles. The van der Waals surface area contributed by atoms with Gasteiger partial charge in [-0.15, -0.1) is 0 Å². The number of rotatable bonds is 40. The van der Waals surface area contributed by atoms with Crippen LogP contribution in [0.3, 0.4) is 0 Å². The lowest BCUT2D eigenvalue weighted by Crippen LogP contribution is -2.46. The van der Waals surface area contributed by atoms with Crippen molar-refractivity contribution < 1.29 is 22.9 Å². The number of carbonyl (C=O) groups excluding carboxylic acids is 1. The minimum absolute atomic E-state index is 0.277. The predicted molar refractivity (Wildman–Crippen MR) is 235 cm³/mol. The molecule has 6 nitrogen and oxygen atoms in total. The maximum Gasteiger partial charge on any atom is 0.267 e. The molecule has 0 spiro atoms. The summed E-state index contributed by atoms with van der Waals surface area (Å²) in [6.07, 6.45) is 56.4. The molecule has 0 saturated carbocycles. The molecule has 0 aliphatic carbocycles. The van der Waals surface area contributed by atoms with Crippen LogP contribution in [0.1, 0.15) is 213 Å². The van der Waals surface area contributed by atoms with Crippen molar-refractivity contribution in [1.29, 1.82) is 0 Å². The van der Waals surface area contributed by atoms with Crippen molar-refractivity contribution in [2.24, 2.45) is 0 Å². The van der Waals surface area contributed by atoms with E-state index in [-0.39, 0.29) is 12.3 Å². The van der Waals surface area contributed by atoms with Crippen molar-refractivity contribution in [2.75, 3.05) is 5.75 Å². The summed E-state index contributed by atoms with van der Waals surface area (Å²) in [5.74, 6) is -0.998. The van der Waals surface area contributed by atoms with Crippen LogP contribution in [0.5, 0.6) is 0 Å². The van der Waals surface area contributed by atoms with Gasteiger partial charge < -0.3 is 10.4 Å². The van der Waals surface area contributed by atoms with Crippen molar-refractivity contribution in [1.82, 2.24) is 5.32 Å². The van der Waals surface area contributed by atoms with Crippen molar-refractivity contribution in [3.8, 4) is 0 Å². The van der Waals surface area contributed by atoms with Crippen LogP contribution in [0, 0.1) is 0 Å². The van der Waals surface area contributed by atoms with E-state index in [2.05, 4.69) is 67.8 Å². The van der Waals surface area contributed by atoms with Crippen LogP contribution in [-0.4, -0.2) is 41.9 Å². The summed E-state index contributed by atoms with van der Waals surface area (Å²) in [5.41, 5.74) is 0. The van der Waals surface area contributed by atoms with Crippen LogP contribution in [0.4, 0.5) is 0 Å². The smallest absolute Gasteiger partial charge is 0.267 e. The molecule has 54 heavy (non-hydrogen) atoms. The van der Waals surface area contributed by atoms with Gasteiger partial charge in [0.2, 0.25) is 5.91 Å². The summed E-state index contributed by atoms with van der Waals surface area (Å²) >= 11 is 0. The molecule has 0 heterocycles. The predicted octanol–water partition coefficient (Wildman–Crippen LogP) is 13.6. The molecular formula is C47H85NO5S. The number of carbonyl (C=O) groups is 1. The lowest BCUT2D eigenvalue weighted by Gasteiger charge is -2.21. The van der Waals surface area contributed by atoms with E-state index in [9.17, 15) is 22.9 Å². The second-order valence-electron chi connectivity index (χ2n) is 15.3. The molecule has 2 atom stereocenters. The Labute approximate surface area is 334 Å². The first-order valence-electron chi connectivity index (χ1n) is 22.5. The Morgan fingerprint density at radius 3 is 1.31 bits per heavy atom. The lowest BCUT2D eigenvalue weighted by atomic mass is 10.0. The number of aliphatic hydroxyl groups excluding tert-OH is 1. The maximum absolute atomic E-state index is 12.5. The Morgan fingerprint density at radius 2 is 0.889 bits per heavy atom. The Bertz CT molecular complexity index is 1080. The van der Waals surface area contributed by atoms with E-state index in [1.807, 2.05) is 6.08 Å². The van der Waals surface area contributed by atoms with Gasteiger partial charge in [0.05, 0.1) is 17.9 Å². The number of allylic oxidation sites excluding steroid dienone is 9. The molecule has 0 rings (SSSR count). The highest BCUT2D eigenvalue weighted by Crippen LogP contribution is 2.15. The van der Waals surface area contributed by atoms with Gasteiger partial charge in [0, 0.05) is 6.42 Å². The largest absolute Gasteiger partial charge is 0.387 e. The van der Waals surface area contributed by atoms with Crippen LogP contribution < -0.4 is 5.32 Å². The molecule has 1 amide bonds. The first-order chi connectivity index (χ1) is 26.3. The molecule has 0 saturated heterocycles. The van der Waals surface area contributed by atoms with E-state index in [0.717, 1.165) is 83.5 Å². The van der Waals surface area contributed by atoms with Crippen LogP contribution in [0.15, 0.2) is 60.8 Å². The molecule has 3 N–H and O–H groups in total. The second kappa shape index (κ2) is 40.7. The lowest BCUT2D eigenvalue weighted by molar-refractivity contribution is -0.122. The van der Waals surface area contributed by atoms with Crippen LogP contribution in [0.25, 0.3) is 0 Å². The zero-order chi connectivity index (χ0) is 39.6. The number of hydrogen-bond donors (Lipinski definition) is 3. The summed E-state index contributed by atoms with van der Waals surface area (Å²) in [6, 6.07) is -1.07. The summed E-state index contributed by atoms with van der Waals surface area (Å²) in [4.78, 5) is 12.5. The van der Waals surface area contributed by atoms with Gasteiger partial charge in [-0.25, -0.2) is 0 Å². The molecular weight excluding hydrogens is 691 g/mol. The van der Waals surface area contributed by atoms with E-state index in [4.69, 9.17) is 0 Å². The molecule has 0 bridgehead atoms. The SMILES string of the molecule is CC/C=C\C/C=C\C/C=C\C/C=C\CCCCCCCCC(=O)NC(CS(=O)(=O)O)C(O)/C=C/CCCCCCCCCCCCCCCCCCCC. The van der Waals surface area contributed by atoms with Gasteiger partial charge >= 0.3 is 0 Å². The van der Waals surface area contributed by atoms with Gasteiger partial charge in [0.1, 0.15) is 0 Å². The van der Waals surface area contributed by atoms with Gasteiger partial charge in [-0.1, -0.05) is 209 Å². The number of aliphatic hydroxyl groups is 1. The van der Waals surface area contributed by atoms with Crippen LogP contribution in [0.2, 0.25) is 0 Å². The fraction of sp³-hybridized carbons (Fsp3) is 0.766. The van der Waals surface area contributed by atoms with Crippen LogP contribution in [-0.2, 0) is 14.9 Å². The molecule has 0 aromatic rings. The van der Waals surface area contributed by atoms with Crippen molar-refractivity contribution >= 4 is 16.0 Å². The van der Waals surface area contributed by atoms with Crippen molar-refractivity contribution in [3.63, 3.8) is 0 Å². The van der Waals surface area contributed by atoms with Gasteiger partial charge in [0.15, 0.2) is 0 Å². The van der Waals surface area contributed by atoms with Gasteiger partial charge in [0.25, 0.3) is 10.1 Å². The standard InChI is InChI=1S/C47H85NO5S/c1-3-5-7-9-11-13-15-17-19-21-23-25-26-28-30-32-34-36-38-40-42-46(49)45(44-54(51,52)53)48-47(50)43-41-39-37-35-33-31-29-27-24-22-20-18-16-14-12-10-8-6-4-2/h6,8,12,14,18,20,24,27,40,42,45-46,49H,3-5,7,9-11,13,15-17,19,21-23,25-26,28-39,41,43-44H2,1-2H3,(H,48,50)(H,51,52,53)/b8-6-,14-12-,20-18-,27-24-,42-40+. The molecule has 2 unspecified atom stereocenters. The first kappa shape index (κ1) is 52.0. The third-order valence-corrected chi connectivity index (χ3v) is 10.7. The summed E-state index contributed by atoms with van der Waals surface area (Å²) < 4.78 is 32.6. The number of nitrogens with one attached hydrogen (secondary N) is 1. The highest BCUT2D eigenvalue weighted by Gasteiger charge is 2.24. The first-order valence-corrected chi connectivity index (χ1v) is 24.1. The van der Waals surface area contributed by atoms with Gasteiger partial charge in [-0.3, -0.25) is 9.35 Å². The van der Waals surface area contributed by atoms with Crippen molar-refractivity contribution in [3.05, 3.63) is 60.8 Å². The summed E-state index contributed by atoms with van der Waals surface area (Å²) in [5, 5.41) is 13.3. The molecule has 314 valence electrons. The zero-order valence-corrected chi connectivity index (χ0v) is 35.9. The summed E-state index contributed by atoms with van der Waals surface area (Å²) in [6.45, 7) is 4.42. The van der Waals surface area contributed by atoms with E-state index in [1.54, 1.807) is 6.08 Å². The van der Waals surface area contributed by atoms with Crippen LogP contribution >= 0.6 is 0 Å². The topological polar surface area (TPSA) is 104 Å². The second-order valence-corrected chi connectivity index (χ2v) is 16.8. The summed E-state index contributed by atoms with van der Waals surface area (Å²) in [7, 11) is -4.35. The van der Waals surface area contributed by atoms with Gasteiger partial charge in [-0.2, -0.15) is 8.42 Å². The van der Waals surface area contributed by atoms with E-state index < -0.39 is 28.0 Å². The molecule has 7 heteroatoms. The number of unbranched alkanes of at least 4 members (excludes halogenated alkanes) is 24. The minimum Gasteiger partial charge on any atom is -0.387 e. The Kier molecular flexibility index (Phi) is 39.2. The minimum atomic E-state index is -4.35. The fourth-order valence-corrected chi connectivity index (χ4v) is 7.35. The van der Waals surface area contributed by atoms with E-state index in [0.29, 0.717) is 6.42 Å². The van der Waals surface area contributed by atoms with Crippen molar-refractivity contribution in [2.45, 2.75) is 225 Å². The Balaban J connectivity index is 3.91.